The molecule has 6 heteroatoms. The van der Waals surface area contributed by atoms with E-state index < -0.39 is 0 Å². The SMILES string of the molecule is Cc1cc(Cl)c(C(=O)Nc2sccc2C#N)cn1. The molecule has 90 valence electrons. The van der Waals surface area contributed by atoms with E-state index in [2.05, 4.69) is 10.3 Å². The molecule has 0 spiro atoms. The van der Waals surface area contributed by atoms with Gasteiger partial charge in [0.05, 0.1) is 16.1 Å². The van der Waals surface area contributed by atoms with Crippen LogP contribution in [0.4, 0.5) is 5.00 Å². The van der Waals surface area contributed by atoms with Crippen LogP contribution in [0.25, 0.3) is 0 Å². The lowest BCUT2D eigenvalue weighted by Gasteiger charge is -2.05. The highest BCUT2D eigenvalue weighted by Crippen LogP contribution is 2.24. The van der Waals surface area contributed by atoms with E-state index in [1.165, 1.54) is 17.5 Å². The van der Waals surface area contributed by atoms with Crippen molar-refractivity contribution in [2.24, 2.45) is 0 Å². The summed E-state index contributed by atoms with van der Waals surface area (Å²) in [6, 6.07) is 5.27. The van der Waals surface area contributed by atoms with Crippen LogP contribution in [0.1, 0.15) is 21.6 Å². The van der Waals surface area contributed by atoms with Gasteiger partial charge in [-0.3, -0.25) is 9.78 Å². The van der Waals surface area contributed by atoms with Crippen LogP contribution in [-0.2, 0) is 0 Å². The molecule has 0 bridgehead atoms. The van der Waals surface area contributed by atoms with E-state index in [1.807, 2.05) is 6.07 Å². The number of hydrogen-bond donors (Lipinski definition) is 1. The number of aromatic nitrogens is 1. The Bertz CT molecular complexity index is 645. The van der Waals surface area contributed by atoms with Crippen molar-refractivity contribution in [2.45, 2.75) is 6.92 Å². The second-order valence-electron chi connectivity index (χ2n) is 3.53. The molecule has 0 unspecified atom stereocenters. The first-order chi connectivity index (χ1) is 8.61. The molecule has 1 amide bonds. The molecule has 2 rings (SSSR count). The number of halogens is 1. The molecule has 0 saturated heterocycles. The lowest BCUT2D eigenvalue weighted by atomic mass is 10.2. The fourth-order valence-corrected chi connectivity index (χ4v) is 2.38. The highest BCUT2D eigenvalue weighted by atomic mass is 35.5. The normalized spacial score (nSPS) is 9.83. The van der Waals surface area contributed by atoms with Gasteiger partial charge in [0.2, 0.25) is 0 Å². The van der Waals surface area contributed by atoms with Crippen LogP contribution in [0.2, 0.25) is 5.02 Å². The predicted octanol–water partition coefficient (Wildman–Crippen LogP) is 3.23. The number of carbonyl (C=O) groups excluding carboxylic acids is 1. The van der Waals surface area contributed by atoms with Gasteiger partial charge in [0, 0.05) is 11.9 Å². The number of rotatable bonds is 2. The summed E-state index contributed by atoms with van der Waals surface area (Å²) in [5.41, 5.74) is 1.47. The summed E-state index contributed by atoms with van der Waals surface area (Å²) in [4.78, 5) is 16.0. The van der Waals surface area contributed by atoms with Gasteiger partial charge < -0.3 is 5.32 Å². The quantitative estimate of drug-likeness (QED) is 0.916. The van der Waals surface area contributed by atoms with Gasteiger partial charge >= 0.3 is 0 Å². The fourth-order valence-electron chi connectivity index (χ4n) is 1.36. The first-order valence-electron chi connectivity index (χ1n) is 5.03. The first-order valence-corrected chi connectivity index (χ1v) is 6.28. The molecule has 0 aliphatic carbocycles. The first kappa shape index (κ1) is 12.6. The van der Waals surface area contributed by atoms with E-state index in [1.54, 1.807) is 24.4 Å². The minimum absolute atomic E-state index is 0.291. The molecule has 0 saturated carbocycles. The number of nitrogens with zero attached hydrogens (tertiary/aromatic N) is 2. The fraction of sp³-hybridized carbons (Fsp3) is 0.0833. The summed E-state index contributed by atoms with van der Waals surface area (Å²) in [6.45, 7) is 1.79. The Balaban J connectivity index is 2.25. The molecule has 0 aliphatic heterocycles. The summed E-state index contributed by atoms with van der Waals surface area (Å²) in [7, 11) is 0. The van der Waals surface area contributed by atoms with Crippen molar-refractivity contribution in [3.8, 4) is 6.07 Å². The predicted molar refractivity (Wildman–Crippen MR) is 71.0 cm³/mol. The number of anilines is 1. The van der Waals surface area contributed by atoms with E-state index in [0.717, 1.165) is 5.69 Å². The van der Waals surface area contributed by atoms with Crippen LogP contribution in [0.15, 0.2) is 23.7 Å². The third-order valence-corrected chi connectivity index (χ3v) is 3.39. The van der Waals surface area contributed by atoms with Crippen molar-refractivity contribution in [2.75, 3.05) is 5.32 Å². The molecule has 2 aromatic rings. The molecule has 18 heavy (non-hydrogen) atoms. The molecular formula is C12H8ClN3OS. The van der Waals surface area contributed by atoms with Gasteiger partial charge in [-0.25, -0.2) is 0 Å². The van der Waals surface area contributed by atoms with E-state index >= 15 is 0 Å². The number of carbonyl (C=O) groups is 1. The molecule has 2 heterocycles. The maximum Gasteiger partial charge on any atom is 0.259 e. The zero-order chi connectivity index (χ0) is 13.1. The van der Waals surface area contributed by atoms with Gasteiger partial charge in [-0.1, -0.05) is 11.6 Å². The number of hydrogen-bond acceptors (Lipinski definition) is 4. The minimum atomic E-state index is -0.369. The molecule has 0 atom stereocenters. The summed E-state index contributed by atoms with van der Waals surface area (Å²) in [6.07, 6.45) is 1.42. The van der Waals surface area contributed by atoms with E-state index in [0.29, 0.717) is 21.2 Å². The lowest BCUT2D eigenvalue weighted by Crippen LogP contribution is -2.12. The Kier molecular flexibility index (Phi) is 3.60. The summed E-state index contributed by atoms with van der Waals surface area (Å²) in [5.74, 6) is -0.369. The van der Waals surface area contributed by atoms with Crippen molar-refractivity contribution in [3.05, 3.63) is 45.6 Å². The van der Waals surface area contributed by atoms with Gasteiger partial charge in [-0.2, -0.15) is 5.26 Å². The van der Waals surface area contributed by atoms with E-state index in [-0.39, 0.29) is 5.91 Å². The lowest BCUT2D eigenvalue weighted by molar-refractivity contribution is 0.102. The molecule has 0 aliphatic rings. The number of thiophene rings is 1. The Morgan fingerprint density at radius 1 is 1.61 bits per heavy atom. The molecule has 0 radical (unpaired) electrons. The van der Waals surface area contributed by atoms with Crippen molar-refractivity contribution < 1.29 is 4.79 Å². The van der Waals surface area contributed by atoms with Gasteiger partial charge in [0.1, 0.15) is 11.1 Å². The number of nitrogens with one attached hydrogen (secondary N) is 1. The molecule has 0 aromatic carbocycles. The Morgan fingerprint density at radius 3 is 3.06 bits per heavy atom. The Morgan fingerprint density at radius 2 is 2.39 bits per heavy atom. The molecular weight excluding hydrogens is 270 g/mol. The average molecular weight is 278 g/mol. The van der Waals surface area contributed by atoms with Gasteiger partial charge in [0.25, 0.3) is 5.91 Å². The zero-order valence-electron chi connectivity index (χ0n) is 9.40. The Labute approximate surface area is 113 Å². The number of amides is 1. The highest BCUT2D eigenvalue weighted by molar-refractivity contribution is 7.14. The minimum Gasteiger partial charge on any atom is -0.312 e. The average Bonchev–Trinajstić information content (AvgIpc) is 2.76. The third kappa shape index (κ3) is 2.50. The number of pyridine rings is 1. The van der Waals surface area contributed by atoms with Crippen LogP contribution in [0.3, 0.4) is 0 Å². The van der Waals surface area contributed by atoms with E-state index in [9.17, 15) is 4.79 Å². The largest absolute Gasteiger partial charge is 0.312 e. The Hall–Kier alpha value is -1.90. The van der Waals surface area contributed by atoms with Crippen LogP contribution < -0.4 is 5.32 Å². The standard InChI is InChI=1S/C12H8ClN3OS/c1-7-4-10(13)9(6-15-7)11(17)16-12-8(5-14)2-3-18-12/h2-4,6H,1H3,(H,16,17). The van der Waals surface area contributed by atoms with Crippen LogP contribution in [0.5, 0.6) is 0 Å². The molecule has 0 fully saturated rings. The van der Waals surface area contributed by atoms with Crippen LogP contribution in [0, 0.1) is 18.3 Å². The van der Waals surface area contributed by atoms with Crippen molar-refractivity contribution in [1.82, 2.24) is 4.98 Å². The van der Waals surface area contributed by atoms with Crippen molar-refractivity contribution in [3.63, 3.8) is 0 Å². The van der Waals surface area contributed by atoms with Gasteiger partial charge in [0.15, 0.2) is 0 Å². The van der Waals surface area contributed by atoms with Gasteiger partial charge in [-0.15, -0.1) is 11.3 Å². The number of aryl methyl sites for hydroxylation is 1. The highest BCUT2D eigenvalue weighted by Gasteiger charge is 2.13. The molecule has 2 aromatic heterocycles. The second-order valence-corrected chi connectivity index (χ2v) is 4.86. The van der Waals surface area contributed by atoms with Crippen LogP contribution in [-0.4, -0.2) is 10.9 Å². The maximum absolute atomic E-state index is 12.0. The number of nitriles is 1. The third-order valence-electron chi connectivity index (χ3n) is 2.25. The van der Waals surface area contributed by atoms with Crippen molar-refractivity contribution in [1.29, 1.82) is 5.26 Å². The summed E-state index contributed by atoms with van der Waals surface area (Å²) >= 11 is 7.26. The van der Waals surface area contributed by atoms with Crippen molar-refractivity contribution >= 4 is 33.8 Å². The second kappa shape index (κ2) is 5.17. The smallest absolute Gasteiger partial charge is 0.259 e. The molecule has 1 N–H and O–H groups in total. The van der Waals surface area contributed by atoms with Gasteiger partial charge in [-0.05, 0) is 24.4 Å². The molecule has 4 nitrogen and oxygen atoms in total. The summed E-state index contributed by atoms with van der Waals surface area (Å²) in [5, 5.41) is 14.1. The monoisotopic (exact) mass is 277 g/mol. The maximum atomic E-state index is 12.0. The summed E-state index contributed by atoms with van der Waals surface area (Å²) < 4.78 is 0. The van der Waals surface area contributed by atoms with Crippen LogP contribution >= 0.6 is 22.9 Å². The van der Waals surface area contributed by atoms with E-state index in [4.69, 9.17) is 16.9 Å². The topological polar surface area (TPSA) is 65.8 Å². The zero-order valence-corrected chi connectivity index (χ0v) is 11.0.